The van der Waals surface area contributed by atoms with Crippen LogP contribution in [0, 0.1) is 6.92 Å². The molecule has 0 amide bonds. The maximum atomic E-state index is 12.1. The van der Waals surface area contributed by atoms with Crippen LogP contribution in [0.3, 0.4) is 0 Å². The van der Waals surface area contributed by atoms with Crippen LogP contribution in [-0.4, -0.2) is 26.5 Å². The highest BCUT2D eigenvalue weighted by Gasteiger charge is 2.22. The number of hydrogen-bond acceptors (Lipinski definition) is 5. The molecule has 0 radical (unpaired) electrons. The number of nitrogens with one attached hydrogen (secondary N) is 1. The minimum Gasteiger partial charge on any atom is -0.326 e. The van der Waals surface area contributed by atoms with E-state index in [4.69, 9.17) is 5.73 Å². The SMILES string of the molecule is CSC(C)CNS(=O)(=O)c1c(C)csc1CN. The van der Waals surface area contributed by atoms with Crippen LogP contribution in [0.15, 0.2) is 10.3 Å². The van der Waals surface area contributed by atoms with E-state index in [2.05, 4.69) is 4.72 Å². The highest BCUT2D eigenvalue weighted by Crippen LogP contribution is 2.26. The molecule has 0 saturated heterocycles. The Balaban J connectivity index is 2.93. The molecule has 0 bridgehead atoms. The van der Waals surface area contributed by atoms with E-state index in [9.17, 15) is 8.42 Å². The fraction of sp³-hybridized carbons (Fsp3) is 0.600. The number of thioether (sulfide) groups is 1. The largest absolute Gasteiger partial charge is 0.326 e. The van der Waals surface area contributed by atoms with E-state index in [0.29, 0.717) is 16.3 Å². The molecule has 0 fully saturated rings. The Bertz CT molecular complexity index is 468. The Kier molecular flexibility index (Phi) is 5.46. The van der Waals surface area contributed by atoms with Crippen molar-refractivity contribution >= 4 is 33.1 Å². The standard InChI is InChI=1S/C10H18N2O2S3/c1-7-6-16-9(4-11)10(7)17(13,14)12-5-8(2)15-3/h6,8,12H,4-5,11H2,1-3H3. The molecule has 0 aliphatic carbocycles. The zero-order chi connectivity index (χ0) is 13.1. The Hall–Kier alpha value is -0.0800. The summed E-state index contributed by atoms with van der Waals surface area (Å²) < 4.78 is 26.9. The van der Waals surface area contributed by atoms with Gasteiger partial charge < -0.3 is 5.73 Å². The zero-order valence-corrected chi connectivity index (χ0v) is 12.6. The number of hydrogen-bond donors (Lipinski definition) is 2. The van der Waals surface area contributed by atoms with Crippen molar-refractivity contribution in [2.75, 3.05) is 12.8 Å². The molecule has 0 aliphatic heterocycles. The van der Waals surface area contributed by atoms with Crippen LogP contribution >= 0.6 is 23.1 Å². The average molecular weight is 294 g/mol. The molecule has 1 rings (SSSR count). The molecule has 0 aromatic carbocycles. The lowest BCUT2D eigenvalue weighted by Gasteiger charge is -2.11. The quantitative estimate of drug-likeness (QED) is 0.835. The minimum absolute atomic E-state index is 0.255. The van der Waals surface area contributed by atoms with Gasteiger partial charge in [-0.05, 0) is 24.1 Å². The lowest BCUT2D eigenvalue weighted by Crippen LogP contribution is -2.30. The second-order valence-electron chi connectivity index (χ2n) is 3.77. The first kappa shape index (κ1) is 15.0. The summed E-state index contributed by atoms with van der Waals surface area (Å²) in [5.74, 6) is 0. The number of sulfonamides is 1. The van der Waals surface area contributed by atoms with Crippen molar-refractivity contribution in [2.24, 2.45) is 5.73 Å². The topological polar surface area (TPSA) is 72.2 Å². The number of aryl methyl sites for hydroxylation is 1. The van der Waals surface area contributed by atoms with Gasteiger partial charge in [0.15, 0.2) is 0 Å². The van der Waals surface area contributed by atoms with E-state index in [1.54, 1.807) is 18.7 Å². The first-order valence-electron chi connectivity index (χ1n) is 5.21. The van der Waals surface area contributed by atoms with Gasteiger partial charge in [-0.3, -0.25) is 0 Å². The van der Waals surface area contributed by atoms with Crippen molar-refractivity contribution in [3.63, 3.8) is 0 Å². The summed E-state index contributed by atoms with van der Waals surface area (Å²) in [7, 11) is -3.43. The summed E-state index contributed by atoms with van der Waals surface area (Å²) in [6.07, 6.45) is 1.96. The van der Waals surface area contributed by atoms with E-state index >= 15 is 0 Å². The molecule has 3 N–H and O–H groups in total. The number of thiophene rings is 1. The zero-order valence-electron chi connectivity index (χ0n) is 10.2. The van der Waals surface area contributed by atoms with Crippen molar-refractivity contribution in [1.29, 1.82) is 0 Å². The lowest BCUT2D eigenvalue weighted by molar-refractivity contribution is 0.580. The van der Waals surface area contributed by atoms with Gasteiger partial charge in [-0.2, -0.15) is 11.8 Å². The predicted octanol–water partition coefficient (Wildman–Crippen LogP) is 1.55. The molecule has 0 aliphatic rings. The monoisotopic (exact) mass is 294 g/mol. The maximum Gasteiger partial charge on any atom is 0.242 e. The summed E-state index contributed by atoms with van der Waals surface area (Å²) in [4.78, 5) is 1.07. The third-order valence-corrected chi connectivity index (χ3v) is 6.29. The summed E-state index contributed by atoms with van der Waals surface area (Å²) in [6.45, 7) is 4.47. The average Bonchev–Trinajstić information content (AvgIpc) is 2.68. The Morgan fingerprint density at radius 3 is 2.76 bits per heavy atom. The van der Waals surface area contributed by atoms with Crippen molar-refractivity contribution in [1.82, 2.24) is 4.72 Å². The molecule has 0 spiro atoms. The van der Waals surface area contributed by atoms with Crippen LogP contribution in [0.5, 0.6) is 0 Å². The van der Waals surface area contributed by atoms with Crippen molar-refractivity contribution < 1.29 is 8.42 Å². The first-order chi connectivity index (χ1) is 7.92. The van der Waals surface area contributed by atoms with Crippen LogP contribution in [-0.2, 0) is 16.6 Å². The van der Waals surface area contributed by atoms with Gasteiger partial charge >= 0.3 is 0 Å². The number of nitrogens with two attached hydrogens (primary N) is 1. The predicted molar refractivity (Wildman–Crippen MR) is 75.1 cm³/mol. The van der Waals surface area contributed by atoms with Gasteiger partial charge in [0.25, 0.3) is 0 Å². The third kappa shape index (κ3) is 3.69. The van der Waals surface area contributed by atoms with Crippen LogP contribution in [0.1, 0.15) is 17.4 Å². The van der Waals surface area contributed by atoms with Gasteiger partial charge in [0, 0.05) is 23.2 Å². The molecule has 4 nitrogen and oxygen atoms in total. The van der Waals surface area contributed by atoms with Crippen molar-refractivity contribution in [2.45, 2.75) is 30.5 Å². The molecule has 1 heterocycles. The van der Waals surface area contributed by atoms with E-state index in [1.165, 1.54) is 11.3 Å². The molecule has 98 valence electrons. The third-order valence-electron chi connectivity index (χ3n) is 2.41. The van der Waals surface area contributed by atoms with Crippen LogP contribution < -0.4 is 10.5 Å². The highest BCUT2D eigenvalue weighted by atomic mass is 32.2. The molecule has 17 heavy (non-hydrogen) atoms. The van der Waals surface area contributed by atoms with E-state index in [-0.39, 0.29) is 11.8 Å². The molecule has 7 heteroatoms. The molecule has 1 aromatic rings. The van der Waals surface area contributed by atoms with Gasteiger partial charge in [0.05, 0.1) is 0 Å². The van der Waals surface area contributed by atoms with Crippen LogP contribution in [0.25, 0.3) is 0 Å². The van der Waals surface area contributed by atoms with E-state index in [1.807, 2.05) is 18.6 Å². The van der Waals surface area contributed by atoms with Gasteiger partial charge in [0.2, 0.25) is 10.0 Å². The summed E-state index contributed by atoms with van der Waals surface area (Å²) in [5, 5.41) is 2.08. The molecular weight excluding hydrogens is 276 g/mol. The molecule has 0 saturated carbocycles. The van der Waals surface area contributed by atoms with Gasteiger partial charge in [-0.15, -0.1) is 11.3 Å². The second-order valence-corrected chi connectivity index (χ2v) is 7.72. The summed E-state index contributed by atoms with van der Waals surface area (Å²) in [5.41, 5.74) is 6.32. The van der Waals surface area contributed by atoms with Gasteiger partial charge in [0.1, 0.15) is 4.90 Å². The Morgan fingerprint density at radius 2 is 2.24 bits per heavy atom. The maximum absolute atomic E-state index is 12.1. The normalized spacial score (nSPS) is 13.9. The Morgan fingerprint density at radius 1 is 1.59 bits per heavy atom. The minimum atomic E-state index is -3.43. The number of rotatable bonds is 6. The lowest BCUT2D eigenvalue weighted by atomic mass is 10.3. The van der Waals surface area contributed by atoms with Gasteiger partial charge in [-0.25, -0.2) is 13.1 Å². The van der Waals surface area contributed by atoms with E-state index < -0.39 is 10.0 Å². The van der Waals surface area contributed by atoms with Crippen LogP contribution in [0.2, 0.25) is 0 Å². The molecular formula is C10H18N2O2S3. The fourth-order valence-electron chi connectivity index (χ4n) is 1.37. The summed E-state index contributed by atoms with van der Waals surface area (Å²) in [6, 6.07) is 0. The Labute approximate surface area is 111 Å². The first-order valence-corrected chi connectivity index (χ1v) is 8.87. The fourth-order valence-corrected chi connectivity index (χ4v) is 4.56. The van der Waals surface area contributed by atoms with E-state index in [0.717, 1.165) is 5.56 Å². The van der Waals surface area contributed by atoms with Crippen molar-refractivity contribution in [3.05, 3.63) is 15.8 Å². The van der Waals surface area contributed by atoms with Gasteiger partial charge in [-0.1, -0.05) is 6.92 Å². The smallest absolute Gasteiger partial charge is 0.242 e. The molecule has 1 aromatic heterocycles. The summed E-state index contributed by atoms with van der Waals surface area (Å²) >= 11 is 3.02. The second kappa shape index (κ2) is 6.19. The van der Waals surface area contributed by atoms with Crippen LogP contribution in [0.4, 0.5) is 0 Å². The molecule has 1 atom stereocenters. The molecule has 1 unspecified atom stereocenters. The highest BCUT2D eigenvalue weighted by molar-refractivity contribution is 7.99. The van der Waals surface area contributed by atoms with Crippen molar-refractivity contribution in [3.8, 4) is 0 Å².